The van der Waals surface area contributed by atoms with Gasteiger partial charge in [-0.25, -0.2) is 0 Å². The quantitative estimate of drug-likeness (QED) is 0.917. The highest BCUT2D eigenvalue weighted by Crippen LogP contribution is 2.39. The number of rotatable bonds is 4. The standard InChI is InChI=1S/C11H16ClNOS2/c12-11-2-1-9(16-11)10(7-13)15-8-3-5-14-6-4-8/h1-2,8,10H,3-7,13H2. The van der Waals surface area contributed by atoms with E-state index in [0.29, 0.717) is 17.0 Å². The van der Waals surface area contributed by atoms with E-state index in [1.165, 1.54) is 4.88 Å². The van der Waals surface area contributed by atoms with Crippen LogP contribution in [0, 0.1) is 0 Å². The zero-order chi connectivity index (χ0) is 11.4. The van der Waals surface area contributed by atoms with Crippen LogP contribution >= 0.6 is 34.7 Å². The highest BCUT2D eigenvalue weighted by atomic mass is 35.5. The minimum absolute atomic E-state index is 0.389. The van der Waals surface area contributed by atoms with Crippen molar-refractivity contribution in [1.82, 2.24) is 0 Å². The average Bonchev–Trinajstić information content (AvgIpc) is 2.74. The zero-order valence-corrected chi connectivity index (χ0v) is 11.4. The van der Waals surface area contributed by atoms with Crippen LogP contribution in [0.25, 0.3) is 0 Å². The summed E-state index contributed by atoms with van der Waals surface area (Å²) in [5.74, 6) is 0. The third kappa shape index (κ3) is 3.37. The van der Waals surface area contributed by atoms with Crippen molar-refractivity contribution in [2.45, 2.75) is 23.3 Å². The van der Waals surface area contributed by atoms with Crippen LogP contribution in [0.15, 0.2) is 12.1 Å². The molecule has 1 aromatic rings. The van der Waals surface area contributed by atoms with Crippen LogP contribution in [0.2, 0.25) is 4.34 Å². The first-order valence-electron chi connectivity index (χ1n) is 5.48. The fraction of sp³-hybridized carbons (Fsp3) is 0.636. The summed E-state index contributed by atoms with van der Waals surface area (Å²) in [7, 11) is 0. The number of hydrogen-bond donors (Lipinski definition) is 1. The smallest absolute Gasteiger partial charge is 0.0931 e. The molecule has 1 aliphatic rings. The van der Waals surface area contributed by atoms with Gasteiger partial charge >= 0.3 is 0 Å². The topological polar surface area (TPSA) is 35.2 Å². The number of hydrogen-bond acceptors (Lipinski definition) is 4. The van der Waals surface area contributed by atoms with Gasteiger partial charge < -0.3 is 10.5 Å². The SMILES string of the molecule is NCC(SC1CCOCC1)c1ccc(Cl)s1. The van der Waals surface area contributed by atoms with Crippen LogP contribution < -0.4 is 5.73 Å². The summed E-state index contributed by atoms with van der Waals surface area (Å²) in [5.41, 5.74) is 5.84. The third-order valence-electron chi connectivity index (χ3n) is 2.65. The molecule has 1 aromatic heterocycles. The molecular weight excluding hydrogens is 262 g/mol. The van der Waals surface area contributed by atoms with Crippen LogP contribution in [-0.4, -0.2) is 25.0 Å². The predicted octanol–water partition coefficient (Wildman–Crippen LogP) is 3.31. The minimum atomic E-state index is 0.389. The Morgan fingerprint density at radius 1 is 1.50 bits per heavy atom. The summed E-state index contributed by atoms with van der Waals surface area (Å²) in [4.78, 5) is 1.30. The van der Waals surface area contributed by atoms with Gasteiger partial charge in [0.1, 0.15) is 0 Å². The second-order valence-corrected chi connectivity index (χ2v) is 7.07. The lowest BCUT2D eigenvalue weighted by atomic mass is 10.2. The summed E-state index contributed by atoms with van der Waals surface area (Å²) in [6.45, 7) is 2.46. The lowest BCUT2D eigenvalue weighted by Crippen LogP contribution is -2.20. The second-order valence-electron chi connectivity index (χ2n) is 3.81. The fourth-order valence-corrected chi connectivity index (χ4v) is 4.40. The van der Waals surface area contributed by atoms with Crippen molar-refractivity contribution in [2.24, 2.45) is 5.73 Å². The molecule has 1 unspecified atom stereocenters. The molecule has 0 aliphatic carbocycles. The maximum atomic E-state index is 5.95. The molecule has 16 heavy (non-hydrogen) atoms. The summed E-state index contributed by atoms with van der Waals surface area (Å²) >= 11 is 9.57. The molecule has 0 spiro atoms. The second kappa shape index (κ2) is 6.26. The fourth-order valence-electron chi connectivity index (χ4n) is 1.78. The first-order chi connectivity index (χ1) is 7.79. The Bertz CT molecular complexity index is 326. The maximum Gasteiger partial charge on any atom is 0.0931 e. The monoisotopic (exact) mass is 277 g/mol. The van der Waals surface area contributed by atoms with Gasteiger partial charge in [-0.2, -0.15) is 0 Å². The van der Waals surface area contributed by atoms with Crippen LogP contribution in [0.1, 0.15) is 23.0 Å². The molecular formula is C11H16ClNOS2. The molecule has 2 N–H and O–H groups in total. The number of thioether (sulfide) groups is 1. The Kier molecular flexibility index (Phi) is 4.97. The van der Waals surface area contributed by atoms with E-state index in [1.54, 1.807) is 11.3 Å². The van der Waals surface area contributed by atoms with Gasteiger partial charge in [0.05, 0.1) is 9.59 Å². The highest BCUT2D eigenvalue weighted by Gasteiger charge is 2.21. The Hall–Kier alpha value is 0.260. The Balaban J connectivity index is 1.94. The van der Waals surface area contributed by atoms with Gasteiger partial charge in [-0.15, -0.1) is 23.1 Å². The molecule has 0 amide bonds. The van der Waals surface area contributed by atoms with Crippen molar-refractivity contribution < 1.29 is 4.74 Å². The molecule has 90 valence electrons. The molecule has 1 aliphatic heterocycles. The Morgan fingerprint density at radius 3 is 2.81 bits per heavy atom. The van der Waals surface area contributed by atoms with Crippen molar-refractivity contribution >= 4 is 34.7 Å². The number of thiophene rings is 1. The van der Waals surface area contributed by atoms with E-state index in [2.05, 4.69) is 6.07 Å². The van der Waals surface area contributed by atoms with Crippen molar-refractivity contribution in [2.75, 3.05) is 19.8 Å². The molecule has 0 aromatic carbocycles. The van der Waals surface area contributed by atoms with Gasteiger partial charge in [0.2, 0.25) is 0 Å². The van der Waals surface area contributed by atoms with Gasteiger partial charge in [-0.05, 0) is 25.0 Å². The third-order valence-corrected chi connectivity index (χ3v) is 5.78. The van der Waals surface area contributed by atoms with Gasteiger partial charge in [0, 0.05) is 29.9 Å². The number of nitrogens with two attached hydrogens (primary N) is 1. The Labute approximate surface area is 110 Å². The van der Waals surface area contributed by atoms with Crippen molar-refractivity contribution in [1.29, 1.82) is 0 Å². The molecule has 0 bridgehead atoms. The van der Waals surface area contributed by atoms with Crippen LogP contribution in [0.5, 0.6) is 0 Å². The van der Waals surface area contributed by atoms with Gasteiger partial charge in [-0.3, -0.25) is 0 Å². The summed E-state index contributed by atoms with van der Waals surface area (Å²) in [6.07, 6.45) is 2.28. The molecule has 1 saturated heterocycles. The molecule has 0 radical (unpaired) electrons. The zero-order valence-electron chi connectivity index (χ0n) is 9.02. The maximum absolute atomic E-state index is 5.95. The molecule has 0 saturated carbocycles. The van der Waals surface area contributed by atoms with E-state index in [1.807, 2.05) is 17.8 Å². The summed E-state index contributed by atoms with van der Waals surface area (Å²) < 4.78 is 6.21. The number of ether oxygens (including phenoxy) is 1. The Morgan fingerprint density at radius 2 is 2.25 bits per heavy atom. The van der Waals surface area contributed by atoms with E-state index in [4.69, 9.17) is 22.1 Å². The van der Waals surface area contributed by atoms with Crippen LogP contribution in [0.3, 0.4) is 0 Å². The average molecular weight is 278 g/mol. The first kappa shape index (κ1) is 12.7. The van der Waals surface area contributed by atoms with Gasteiger partial charge in [0.25, 0.3) is 0 Å². The predicted molar refractivity (Wildman–Crippen MR) is 72.6 cm³/mol. The van der Waals surface area contributed by atoms with E-state index < -0.39 is 0 Å². The number of halogens is 1. The summed E-state index contributed by atoms with van der Waals surface area (Å²) in [5, 5.41) is 1.07. The molecule has 2 nitrogen and oxygen atoms in total. The van der Waals surface area contributed by atoms with E-state index in [-0.39, 0.29) is 0 Å². The van der Waals surface area contributed by atoms with E-state index in [9.17, 15) is 0 Å². The first-order valence-corrected chi connectivity index (χ1v) is 7.62. The van der Waals surface area contributed by atoms with Crippen molar-refractivity contribution in [3.8, 4) is 0 Å². The lowest BCUT2D eigenvalue weighted by Gasteiger charge is -2.25. The van der Waals surface area contributed by atoms with Gasteiger partial charge in [0.15, 0.2) is 0 Å². The molecule has 2 rings (SSSR count). The molecule has 2 heterocycles. The molecule has 5 heteroatoms. The van der Waals surface area contributed by atoms with E-state index in [0.717, 1.165) is 30.4 Å². The van der Waals surface area contributed by atoms with Gasteiger partial charge in [-0.1, -0.05) is 11.6 Å². The summed E-state index contributed by atoms with van der Waals surface area (Å²) in [6, 6.07) is 4.05. The van der Waals surface area contributed by atoms with Crippen LogP contribution in [-0.2, 0) is 4.74 Å². The normalized spacial score (nSPS) is 19.9. The lowest BCUT2D eigenvalue weighted by molar-refractivity contribution is 0.0999. The highest BCUT2D eigenvalue weighted by molar-refractivity contribution is 8.00. The molecule has 1 fully saturated rings. The molecule has 1 atom stereocenters. The van der Waals surface area contributed by atoms with Crippen LogP contribution in [0.4, 0.5) is 0 Å². The van der Waals surface area contributed by atoms with Crippen molar-refractivity contribution in [3.63, 3.8) is 0 Å². The minimum Gasteiger partial charge on any atom is -0.381 e. The van der Waals surface area contributed by atoms with E-state index >= 15 is 0 Å². The largest absolute Gasteiger partial charge is 0.381 e. The van der Waals surface area contributed by atoms with Crippen molar-refractivity contribution in [3.05, 3.63) is 21.3 Å².